The summed E-state index contributed by atoms with van der Waals surface area (Å²) in [5, 5.41) is 14.4. The molecule has 9 aromatic rings. The first-order valence-electron chi connectivity index (χ1n) is 17.5. The lowest BCUT2D eigenvalue weighted by molar-refractivity contribution is 0.164. The summed E-state index contributed by atoms with van der Waals surface area (Å²) in [6.45, 7) is 0. The molecule has 0 N–H and O–H groups in total. The van der Waals surface area contributed by atoms with Crippen LogP contribution in [0.25, 0.3) is 70.7 Å². The lowest BCUT2D eigenvalue weighted by atomic mass is 9.81. The number of ether oxygens (including phenoxy) is 2. The Hall–Kier alpha value is -6.32. The van der Waals surface area contributed by atoms with Crippen LogP contribution in [-0.2, 0) is 5.60 Å². The van der Waals surface area contributed by atoms with Gasteiger partial charge in [-0.2, -0.15) is 0 Å². The Morgan fingerprint density at radius 3 is 1.84 bits per heavy atom. The van der Waals surface area contributed by atoms with Crippen molar-refractivity contribution >= 4 is 76.4 Å². The van der Waals surface area contributed by atoms with Crippen LogP contribution < -0.4 is 14.4 Å². The molecule has 1 atom stereocenters. The summed E-state index contributed by atoms with van der Waals surface area (Å²) >= 11 is 0. The van der Waals surface area contributed by atoms with Gasteiger partial charge in [0.25, 0.3) is 0 Å². The van der Waals surface area contributed by atoms with E-state index in [0.29, 0.717) is 0 Å². The maximum Gasteiger partial charge on any atom is 0.178 e. The third-order valence-electron chi connectivity index (χ3n) is 10.9. The number of benzene rings is 8. The molecule has 3 heteroatoms. The summed E-state index contributed by atoms with van der Waals surface area (Å²) < 4.78 is 13.5. The third kappa shape index (κ3) is 4.25. The maximum atomic E-state index is 7.61. The second-order valence-electron chi connectivity index (χ2n) is 13.8. The fourth-order valence-corrected chi connectivity index (χ4v) is 8.50. The van der Waals surface area contributed by atoms with Crippen LogP contribution in [0.4, 0.5) is 5.69 Å². The first-order valence-corrected chi connectivity index (χ1v) is 17.5. The molecule has 3 nitrogen and oxygen atoms in total. The van der Waals surface area contributed by atoms with E-state index in [1.807, 2.05) is 0 Å². The van der Waals surface area contributed by atoms with E-state index in [1.165, 1.54) is 53.9 Å². The van der Waals surface area contributed by atoms with Gasteiger partial charge in [0.2, 0.25) is 0 Å². The van der Waals surface area contributed by atoms with Crippen molar-refractivity contribution in [3.8, 4) is 11.5 Å². The summed E-state index contributed by atoms with van der Waals surface area (Å²) in [6, 6.07) is 52.6. The molecule has 10 rings (SSSR count). The Morgan fingerprint density at radius 2 is 1.12 bits per heavy atom. The molecule has 0 amide bonds. The van der Waals surface area contributed by atoms with Crippen LogP contribution in [0.3, 0.4) is 0 Å². The summed E-state index contributed by atoms with van der Waals surface area (Å²) in [7, 11) is 5.87. The van der Waals surface area contributed by atoms with Crippen LogP contribution in [0.1, 0.15) is 16.7 Å². The largest absolute Gasteiger partial charge is 0.497 e. The molecule has 0 aromatic heterocycles. The molecule has 0 spiro atoms. The van der Waals surface area contributed by atoms with Gasteiger partial charge in [-0.05, 0) is 96.3 Å². The monoisotopic (exact) mass is 657 g/mol. The molecule has 51 heavy (non-hydrogen) atoms. The summed E-state index contributed by atoms with van der Waals surface area (Å²) in [4.78, 5) is 2.13. The molecular weight excluding hydrogens is 623 g/mol. The number of methoxy groups -OCH3 is 1. The third-order valence-corrected chi connectivity index (χ3v) is 10.9. The number of nitrogens with zero attached hydrogens (tertiary/aromatic N) is 1. The number of hydrogen-bond acceptors (Lipinski definition) is 3. The molecule has 1 aliphatic rings. The molecule has 1 aliphatic heterocycles. The van der Waals surface area contributed by atoms with Crippen LogP contribution in [0.2, 0.25) is 0 Å². The van der Waals surface area contributed by atoms with Gasteiger partial charge >= 0.3 is 0 Å². The Labute approximate surface area is 296 Å². The van der Waals surface area contributed by atoms with Crippen LogP contribution in [0, 0.1) is 0 Å². The molecule has 0 fully saturated rings. The lowest BCUT2D eigenvalue weighted by Crippen LogP contribution is -2.34. The Morgan fingerprint density at radius 1 is 0.510 bits per heavy atom. The average molecular weight is 658 g/mol. The van der Waals surface area contributed by atoms with Gasteiger partial charge in [0.1, 0.15) is 11.5 Å². The molecule has 0 bridgehead atoms. The number of anilines is 1. The zero-order valence-electron chi connectivity index (χ0n) is 28.8. The van der Waals surface area contributed by atoms with E-state index in [1.54, 1.807) is 7.11 Å². The Kier molecular flexibility index (Phi) is 6.44. The summed E-state index contributed by atoms with van der Waals surface area (Å²) in [5.41, 5.74) is 3.48. The van der Waals surface area contributed by atoms with E-state index in [2.05, 4.69) is 177 Å². The molecule has 244 valence electrons. The minimum absolute atomic E-state index is 0.791. The van der Waals surface area contributed by atoms with Gasteiger partial charge in [0, 0.05) is 47.2 Å². The Bertz CT molecular complexity index is 2890. The predicted molar refractivity (Wildman–Crippen MR) is 216 cm³/mol. The highest BCUT2D eigenvalue weighted by molar-refractivity contribution is 6.37. The van der Waals surface area contributed by atoms with Crippen LogP contribution >= 0.6 is 0 Å². The molecule has 9 aromatic carbocycles. The van der Waals surface area contributed by atoms with Crippen LogP contribution in [0.15, 0.2) is 152 Å². The van der Waals surface area contributed by atoms with Gasteiger partial charge in [0.15, 0.2) is 5.60 Å². The van der Waals surface area contributed by atoms with Gasteiger partial charge in [0.05, 0.1) is 7.11 Å². The van der Waals surface area contributed by atoms with Crippen molar-refractivity contribution in [2.75, 3.05) is 26.1 Å². The molecule has 0 radical (unpaired) electrons. The predicted octanol–water partition coefficient (Wildman–Crippen LogP) is 12.0. The van der Waals surface area contributed by atoms with E-state index in [-0.39, 0.29) is 0 Å². The molecule has 0 aliphatic carbocycles. The van der Waals surface area contributed by atoms with Gasteiger partial charge in [-0.3, -0.25) is 0 Å². The first kappa shape index (κ1) is 29.6. The highest BCUT2D eigenvalue weighted by Crippen LogP contribution is 2.52. The molecule has 0 saturated carbocycles. The number of fused-ring (bicyclic) bond motifs is 10. The van der Waals surface area contributed by atoms with E-state index in [4.69, 9.17) is 9.47 Å². The number of rotatable bonds is 4. The second-order valence-corrected chi connectivity index (χ2v) is 13.8. The minimum atomic E-state index is -0.860. The first-order chi connectivity index (χ1) is 25.1. The van der Waals surface area contributed by atoms with Crippen molar-refractivity contribution in [2.45, 2.75) is 5.60 Å². The smallest absolute Gasteiger partial charge is 0.178 e. The summed E-state index contributed by atoms with van der Waals surface area (Å²) in [5.74, 6) is 1.64. The van der Waals surface area contributed by atoms with E-state index in [0.717, 1.165) is 44.6 Å². The topological polar surface area (TPSA) is 21.7 Å². The van der Waals surface area contributed by atoms with Gasteiger partial charge in [-0.25, -0.2) is 0 Å². The number of hydrogen-bond donors (Lipinski definition) is 0. The second kappa shape index (κ2) is 11.1. The fraction of sp³-hybridized carbons (Fsp3) is 0.0833. The van der Waals surface area contributed by atoms with Crippen molar-refractivity contribution in [1.29, 1.82) is 0 Å². The zero-order valence-corrected chi connectivity index (χ0v) is 28.8. The quantitative estimate of drug-likeness (QED) is 0.176. The molecule has 1 unspecified atom stereocenters. The SMILES string of the molecule is COc1ccc2c(c1)c1c(c3c4cccc5ccc6cccc(c7ccccc7c23)c6c54)C=CC(c2ccccc2)(c2ccc(N(C)C)cc2)O1. The molecule has 0 saturated heterocycles. The van der Waals surface area contributed by atoms with Crippen LogP contribution in [0.5, 0.6) is 11.5 Å². The average Bonchev–Trinajstić information content (AvgIpc) is 3.19. The van der Waals surface area contributed by atoms with E-state index >= 15 is 0 Å². The van der Waals surface area contributed by atoms with Crippen molar-refractivity contribution in [1.82, 2.24) is 0 Å². The van der Waals surface area contributed by atoms with E-state index in [9.17, 15) is 0 Å². The maximum absolute atomic E-state index is 7.61. The summed E-state index contributed by atoms with van der Waals surface area (Å²) in [6.07, 6.45) is 4.58. The minimum Gasteiger partial charge on any atom is -0.497 e. The zero-order chi connectivity index (χ0) is 34.3. The lowest BCUT2D eigenvalue weighted by Gasteiger charge is -2.37. The van der Waals surface area contributed by atoms with Crippen molar-refractivity contribution in [3.05, 3.63) is 168 Å². The normalized spacial score (nSPS) is 15.5. The highest BCUT2D eigenvalue weighted by Gasteiger charge is 2.38. The van der Waals surface area contributed by atoms with Gasteiger partial charge in [-0.1, -0.05) is 115 Å². The Balaban J connectivity index is 1.44. The highest BCUT2D eigenvalue weighted by atomic mass is 16.5. The van der Waals surface area contributed by atoms with E-state index < -0.39 is 5.60 Å². The van der Waals surface area contributed by atoms with Crippen molar-refractivity contribution in [3.63, 3.8) is 0 Å². The van der Waals surface area contributed by atoms with Crippen molar-refractivity contribution < 1.29 is 9.47 Å². The van der Waals surface area contributed by atoms with Gasteiger partial charge in [-0.15, -0.1) is 0 Å². The molecule has 1 heterocycles. The van der Waals surface area contributed by atoms with Gasteiger partial charge < -0.3 is 14.4 Å². The van der Waals surface area contributed by atoms with Crippen molar-refractivity contribution in [2.24, 2.45) is 0 Å². The van der Waals surface area contributed by atoms with Crippen LogP contribution in [-0.4, -0.2) is 21.2 Å². The standard InChI is InChI=1S/C48H35NO2/c1-49(2)34-23-21-33(22-24-34)48(32-13-5-4-6-14-32)28-27-41-46-40-18-10-12-31-20-19-30-11-9-17-37(43(30)44(31)40)36-15-7-8-16-38(36)45(46)39-26-25-35(50-3)29-42(39)47(41)51-48/h4-29H,1-3H3. The molecular formula is C48H35NO2. The fourth-order valence-electron chi connectivity index (χ4n) is 8.50.